The number of halogens is 1. The number of amides is 2. The highest BCUT2D eigenvalue weighted by Gasteiger charge is 2.15. The molecule has 9 heteroatoms. The summed E-state index contributed by atoms with van der Waals surface area (Å²) in [6.45, 7) is 8.13. The largest absolute Gasteiger partial charge is 0.503 e. The molecule has 198 valence electrons. The smallest absolute Gasteiger partial charge is 0.287 e. The van der Waals surface area contributed by atoms with Crippen molar-refractivity contribution in [2.75, 3.05) is 24.6 Å². The first-order valence-electron chi connectivity index (χ1n) is 12.3. The summed E-state index contributed by atoms with van der Waals surface area (Å²) in [7, 11) is 0. The van der Waals surface area contributed by atoms with Gasteiger partial charge in [0.2, 0.25) is 0 Å². The first-order valence-corrected chi connectivity index (χ1v) is 13.1. The first-order chi connectivity index (χ1) is 18.4. The second kappa shape index (κ2) is 14.0. The Kier molecular flexibility index (Phi) is 10.5. The Bertz CT molecular complexity index is 1300. The molecule has 0 aromatic heterocycles. The van der Waals surface area contributed by atoms with Crippen LogP contribution in [0.25, 0.3) is 6.08 Å². The number of hydrogen-bond donors (Lipinski definition) is 3. The minimum Gasteiger partial charge on any atom is -0.503 e. The lowest BCUT2D eigenvalue weighted by Gasteiger charge is -2.21. The number of phenols is 1. The standard InChI is InChI=1S/C29H31BrN4O4/c1-4-34(5-2)23-14-12-20(13-15-23)17-25(32-28(36)22-10-8-7-9-11-22)29(37)33-31-19-21-16-24(30)27(35)26(18-21)38-6-3/h7-19,35H,4-6H2,1-3H3,(H,32,36)(H,33,37)/b25-17+,31-19+. The Hall–Kier alpha value is -4.11. The molecular formula is C29H31BrN4O4. The zero-order chi connectivity index (χ0) is 27.5. The molecule has 0 saturated heterocycles. The van der Waals surface area contributed by atoms with Gasteiger partial charge in [-0.1, -0.05) is 30.3 Å². The number of ether oxygens (including phenoxy) is 1. The highest BCUT2D eigenvalue weighted by Crippen LogP contribution is 2.35. The van der Waals surface area contributed by atoms with Crippen LogP contribution in [0.5, 0.6) is 11.5 Å². The van der Waals surface area contributed by atoms with Crippen molar-refractivity contribution >= 4 is 45.7 Å². The van der Waals surface area contributed by atoms with E-state index in [4.69, 9.17) is 4.74 Å². The SMILES string of the molecule is CCOc1cc(/C=N/NC(=O)/C(=C\c2ccc(N(CC)CC)cc2)NC(=O)c2ccccc2)cc(Br)c1O. The van der Waals surface area contributed by atoms with Gasteiger partial charge in [-0.25, -0.2) is 5.43 Å². The van der Waals surface area contributed by atoms with Crippen molar-refractivity contribution in [3.05, 3.63) is 93.6 Å². The van der Waals surface area contributed by atoms with Crippen LogP contribution < -0.4 is 20.4 Å². The highest BCUT2D eigenvalue weighted by molar-refractivity contribution is 9.10. The number of nitrogens with zero attached hydrogens (tertiary/aromatic N) is 2. The first kappa shape index (κ1) is 28.5. The number of hydrazone groups is 1. The van der Waals surface area contributed by atoms with Crippen LogP contribution in [0.15, 0.2) is 82.0 Å². The van der Waals surface area contributed by atoms with Crippen LogP contribution >= 0.6 is 15.9 Å². The van der Waals surface area contributed by atoms with E-state index >= 15 is 0 Å². The molecule has 38 heavy (non-hydrogen) atoms. The Morgan fingerprint density at radius 1 is 1.00 bits per heavy atom. The number of aromatic hydroxyl groups is 1. The maximum Gasteiger partial charge on any atom is 0.287 e. The van der Waals surface area contributed by atoms with E-state index in [9.17, 15) is 14.7 Å². The molecule has 2 amide bonds. The molecule has 0 atom stereocenters. The number of rotatable bonds is 11. The zero-order valence-electron chi connectivity index (χ0n) is 21.6. The molecule has 3 N–H and O–H groups in total. The summed E-state index contributed by atoms with van der Waals surface area (Å²) in [5.74, 6) is -0.742. The fourth-order valence-corrected chi connectivity index (χ4v) is 4.10. The summed E-state index contributed by atoms with van der Waals surface area (Å²) in [6, 6.07) is 19.6. The molecule has 0 radical (unpaired) electrons. The molecule has 0 bridgehead atoms. The normalized spacial score (nSPS) is 11.3. The molecule has 0 unspecified atom stereocenters. The number of anilines is 1. The summed E-state index contributed by atoms with van der Waals surface area (Å²) in [5, 5.41) is 16.8. The van der Waals surface area contributed by atoms with Crippen molar-refractivity contribution in [2.45, 2.75) is 20.8 Å². The predicted molar refractivity (Wildman–Crippen MR) is 155 cm³/mol. The average molecular weight is 579 g/mol. The lowest BCUT2D eigenvalue weighted by atomic mass is 10.1. The van der Waals surface area contributed by atoms with Gasteiger partial charge in [0, 0.05) is 24.3 Å². The summed E-state index contributed by atoms with van der Waals surface area (Å²) in [5.41, 5.74) is 5.32. The van der Waals surface area contributed by atoms with Gasteiger partial charge in [-0.3, -0.25) is 9.59 Å². The quantitative estimate of drug-likeness (QED) is 0.162. The van der Waals surface area contributed by atoms with Crippen LogP contribution in [-0.4, -0.2) is 42.8 Å². The summed E-state index contributed by atoms with van der Waals surface area (Å²) in [4.78, 5) is 28.1. The van der Waals surface area contributed by atoms with Crippen LogP contribution in [0.1, 0.15) is 42.3 Å². The number of benzene rings is 3. The molecule has 0 aliphatic rings. The van der Waals surface area contributed by atoms with Crippen LogP contribution in [0.4, 0.5) is 5.69 Å². The number of nitrogens with one attached hydrogen (secondary N) is 2. The molecule has 0 spiro atoms. The van der Waals surface area contributed by atoms with Crippen LogP contribution in [0.3, 0.4) is 0 Å². The lowest BCUT2D eigenvalue weighted by Crippen LogP contribution is -2.32. The van der Waals surface area contributed by atoms with Crippen LogP contribution in [-0.2, 0) is 4.79 Å². The van der Waals surface area contributed by atoms with E-state index in [1.54, 1.807) is 42.5 Å². The highest BCUT2D eigenvalue weighted by atomic mass is 79.9. The molecular weight excluding hydrogens is 548 g/mol. The molecule has 0 heterocycles. The Balaban J connectivity index is 1.84. The molecule has 8 nitrogen and oxygen atoms in total. The Labute approximate surface area is 231 Å². The van der Waals surface area contributed by atoms with Crippen molar-refractivity contribution in [1.82, 2.24) is 10.7 Å². The van der Waals surface area contributed by atoms with Gasteiger partial charge < -0.3 is 20.1 Å². The minimum absolute atomic E-state index is 0.0195. The van der Waals surface area contributed by atoms with Gasteiger partial charge in [-0.05, 0) is 90.3 Å². The van der Waals surface area contributed by atoms with E-state index in [0.717, 1.165) is 24.3 Å². The van der Waals surface area contributed by atoms with E-state index in [1.807, 2.05) is 37.3 Å². The van der Waals surface area contributed by atoms with Crippen molar-refractivity contribution in [2.24, 2.45) is 5.10 Å². The van der Waals surface area contributed by atoms with E-state index in [-0.39, 0.29) is 11.4 Å². The van der Waals surface area contributed by atoms with E-state index in [0.29, 0.717) is 28.0 Å². The van der Waals surface area contributed by atoms with Gasteiger partial charge in [-0.2, -0.15) is 5.10 Å². The van der Waals surface area contributed by atoms with Gasteiger partial charge >= 0.3 is 0 Å². The van der Waals surface area contributed by atoms with Crippen molar-refractivity contribution in [3.63, 3.8) is 0 Å². The van der Waals surface area contributed by atoms with Gasteiger partial charge in [-0.15, -0.1) is 0 Å². The third-order valence-corrected chi connectivity index (χ3v) is 6.20. The molecule has 0 aliphatic carbocycles. The molecule has 0 aliphatic heterocycles. The monoisotopic (exact) mass is 578 g/mol. The molecule has 3 aromatic carbocycles. The van der Waals surface area contributed by atoms with Crippen LogP contribution in [0, 0.1) is 0 Å². The minimum atomic E-state index is -0.596. The third-order valence-electron chi connectivity index (χ3n) is 5.59. The lowest BCUT2D eigenvalue weighted by molar-refractivity contribution is -0.117. The van der Waals surface area contributed by atoms with Crippen LogP contribution in [0.2, 0.25) is 0 Å². The number of carbonyl (C=O) groups is 2. The van der Waals surface area contributed by atoms with Gasteiger partial charge in [0.1, 0.15) is 5.70 Å². The average Bonchev–Trinajstić information content (AvgIpc) is 2.93. The summed E-state index contributed by atoms with van der Waals surface area (Å²) in [6.07, 6.45) is 3.02. The predicted octanol–water partition coefficient (Wildman–Crippen LogP) is 5.32. The third kappa shape index (κ3) is 7.69. The van der Waals surface area contributed by atoms with E-state index in [2.05, 4.69) is 50.5 Å². The Morgan fingerprint density at radius 2 is 1.68 bits per heavy atom. The summed E-state index contributed by atoms with van der Waals surface area (Å²) < 4.78 is 5.86. The molecule has 3 aromatic rings. The molecule has 0 saturated carbocycles. The number of phenolic OH excluding ortho intramolecular Hbond substituents is 1. The van der Waals surface area contributed by atoms with Gasteiger partial charge in [0.15, 0.2) is 11.5 Å². The van der Waals surface area contributed by atoms with Crippen molar-refractivity contribution in [3.8, 4) is 11.5 Å². The zero-order valence-corrected chi connectivity index (χ0v) is 23.2. The van der Waals surface area contributed by atoms with Gasteiger partial charge in [0.25, 0.3) is 11.8 Å². The second-order valence-corrected chi connectivity index (χ2v) is 8.98. The number of hydrogen-bond acceptors (Lipinski definition) is 6. The van der Waals surface area contributed by atoms with Gasteiger partial charge in [0.05, 0.1) is 17.3 Å². The molecule has 0 fully saturated rings. The van der Waals surface area contributed by atoms with E-state index in [1.165, 1.54) is 6.21 Å². The van der Waals surface area contributed by atoms with Crippen molar-refractivity contribution in [1.29, 1.82) is 0 Å². The fraction of sp³-hybridized carbons (Fsp3) is 0.207. The second-order valence-electron chi connectivity index (χ2n) is 8.12. The van der Waals surface area contributed by atoms with Crippen molar-refractivity contribution < 1.29 is 19.4 Å². The maximum atomic E-state index is 13.1. The molecule has 3 rings (SSSR count). The summed E-state index contributed by atoms with van der Waals surface area (Å²) >= 11 is 3.28. The van der Waals surface area contributed by atoms with E-state index < -0.39 is 11.8 Å². The topological polar surface area (TPSA) is 103 Å². The maximum absolute atomic E-state index is 13.1. The fourth-order valence-electron chi connectivity index (χ4n) is 3.64. The number of carbonyl (C=O) groups excluding carboxylic acids is 2. The Morgan fingerprint density at radius 3 is 2.32 bits per heavy atom.